The Kier molecular flexibility index (Phi) is 4.34. The third kappa shape index (κ3) is 3.99. The zero-order valence-corrected chi connectivity index (χ0v) is 10.2. The lowest BCUT2D eigenvalue weighted by Crippen LogP contribution is -2.17. The van der Waals surface area contributed by atoms with E-state index in [1.54, 1.807) is 30.3 Å². The Morgan fingerprint density at radius 2 is 2.16 bits per heavy atom. The molecule has 2 N–H and O–H groups in total. The standard InChI is InChI=1S/C14H14N2O3/c17-13-6-2-1-4-11(13)7-8-14(18)16-15-10-12-5-3-9-19-12/h1-6,9-10,17H,7-8H2,(H,16,18). The quantitative estimate of drug-likeness (QED) is 0.636. The highest BCUT2D eigenvalue weighted by Crippen LogP contribution is 2.16. The van der Waals surface area contributed by atoms with Crippen molar-refractivity contribution in [1.29, 1.82) is 0 Å². The van der Waals surface area contributed by atoms with Crippen molar-refractivity contribution in [3.8, 4) is 5.75 Å². The topological polar surface area (TPSA) is 74.8 Å². The Hall–Kier alpha value is -2.56. The van der Waals surface area contributed by atoms with Crippen LogP contribution < -0.4 is 5.43 Å². The molecule has 5 nitrogen and oxygen atoms in total. The van der Waals surface area contributed by atoms with E-state index in [0.717, 1.165) is 5.56 Å². The van der Waals surface area contributed by atoms with Gasteiger partial charge in [-0.05, 0) is 30.2 Å². The molecule has 19 heavy (non-hydrogen) atoms. The highest BCUT2D eigenvalue weighted by Gasteiger charge is 2.04. The van der Waals surface area contributed by atoms with Crippen LogP contribution in [0.25, 0.3) is 0 Å². The zero-order chi connectivity index (χ0) is 13.5. The Balaban J connectivity index is 1.78. The number of benzene rings is 1. The molecule has 0 aliphatic rings. The molecule has 0 unspecified atom stereocenters. The Morgan fingerprint density at radius 3 is 2.89 bits per heavy atom. The van der Waals surface area contributed by atoms with Crippen molar-refractivity contribution in [3.63, 3.8) is 0 Å². The maximum Gasteiger partial charge on any atom is 0.240 e. The minimum Gasteiger partial charge on any atom is -0.508 e. The van der Waals surface area contributed by atoms with E-state index in [4.69, 9.17) is 4.42 Å². The predicted octanol–water partition coefficient (Wildman–Crippen LogP) is 2.07. The van der Waals surface area contributed by atoms with Crippen LogP contribution in [-0.4, -0.2) is 17.2 Å². The van der Waals surface area contributed by atoms with E-state index in [2.05, 4.69) is 10.5 Å². The molecule has 0 saturated heterocycles. The molecular weight excluding hydrogens is 244 g/mol. The zero-order valence-electron chi connectivity index (χ0n) is 10.2. The second-order valence-electron chi connectivity index (χ2n) is 3.94. The largest absolute Gasteiger partial charge is 0.508 e. The van der Waals surface area contributed by atoms with Gasteiger partial charge in [-0.2, -0.15) is 5.10 Å². The van der Waals surface area contributed by atoms with Gasteiger partial charge in [-0.3, -0.25) is 4.79 Å². The van der Waals surface area contributed by atoms with Crippen LogP contribution in [0.15, 0.2) is 52.2 Å². The van der Waals surface area contributed by atoms with E-state index in [-0.39, 0.29) is 18.1 Å². The van der Waals surface area contributed by atoms with Crippen LogP contribution in [0.5, 0.6) is 5.75 Å². The van der Waals surface area contributed by atoms with Crippen LogP contribution in [-0.2, 0) is 11.2 Å². The van der Waals surface area contributed by atoms with Gasteiger partial charge in [0.2, 0.25) is 5.91 Å². The monoisotopic (exact) mass is 258 g/mol. The van der Waals surface area contributed by atoms with E-state index >= 15 is 0 Å². The summed E-state index contributed by atoms with van der Waals surface area (Å²) in [6, 6.07) is 10.4. The summed E-state index contributed by atoms with van der Waals surface area (Å²) in [5.41, 5.74) is 3.14. The first-order chi connectivity index (χ1) is 9.25. The lowest BCUT2D eigenvalue weighted by molar-refractivity contribution is -0.121. The maximum atomic E-state index is 11.5. The number of hydrogen-bond acceptors (Lipinski definition) is 4. The van der Waals surface area contributed by atoms with Crippen LogP contribution in [0.1, 0.15) is 17.7 Å². The van der Waals surface area contributed by atoms with Crippen molar-refractivity contribution >= 4 is 12.1 Å². The van der Waals surface area contributed by atoms with Gasteiger partial charge in [-0.1, -0.05) is 18.2 Å². The van der Waals surface area contributed by atoms with Gasteiger partial charge in [0.15, 0.2) is 0 Å². The molecular formula is C14H14N2O3. The van der Waals surface area contributed by atoms with Crippen molar-refractivity contribution in [2.45, 2.75) is 12.8 Å². The molecule has 0 aliphatic heterocycles. The molecule has 1 aromatic carbocycles. The summed E-state index contributed by atoms with van der Waals surface area (Å²) < 4.78 is 5.03. The van der Waals surface area contributed by atoms with Crippen LogP contribution >= 0.6 is 0 Å². The summed E-state index contributed by atoms with van der Waals surface area (Å²) in [5, 5.41) is 13.3. The summed E-state index contributed by atoms with van der Waals surface area (Å²) in [4.78, 5) is 11.5. The number of aromatic hydroxyl groups is 1. The fraction of sp³-hybridized carbons (Fsp3) is 0.143. The van der Waals surface area contributed by atoms with Gasteiger partial charge in [0.1, 0.15) is 11.5 Å². The Bertz CT molecular complexity index is 562. The van der Waals surface area contributed by atoms with Gasteiger partial charge >= 0.3 is 0 Å². The molecule has 1 aromatic heterocycles. The number of furan rings is 1. The molecule has 1 amide bonds. The average Bonchev–Trinajstić information content (AvgIpc) is 2.91. The SMILES string of the molecule is O=C(CCc1ccccc1O)NN=Cc1ccco1. The fourth-order valence-electron chi connectivity index (χ4n) is 1.56. The molecule has 0 aliphatic carbocycles. The molecule has 0 atom stereocenters. The van der Waals surface area contributed by atoms with Gasteiger partial charge in [0, 0.05) is 6.42 Å². The average molecular weight is 258 g/mol. The first kappa shape index (κ1) is 12.9. The van der Waals surface area contributed by atoms with Crippen LogP contribution in [0, 0.1) is 0 Å². The number of carbonyl (C=O) groups excluding carboxylic acids is 1. The number of nitrogens with zero attached hydrogens (tertiary/aromatic N) is 1. The summed E-state index contributed by atoms with van der Waals surface area (Å²) in [5.74, 6) is 0.557. The molecule has 1 heterocycles. The molecule has 5 heteroatoms. The molecule has 0 spiro atoms. The molecule has 0 fully saturated rings. The summed E-state index contributed by atoms with van der Waals surface area (Å²) in [7, 11) is 0. The van der Waals surface area contributed by atoms with E-state index in [0.29, 0.717) is 12.2 Å². The molecule has 2 aromatic rings. The number of para-hydroxylation sites is 1. The highest BCUT2D eigenvalue weighted by atomic mass is 16.3. The number of hydrogen-bond donors (Lipinski definition) is 2. The van der Waals surface area contributed by atoms with E-state index < -0.39 is 0 Å². The number of aryl methyl sites for hydroxylation is 1. The second-order valence-corrected chi connectivity index (χ2v) is 3.94. The van der Waals surface area contributed by atoms with Crippen molar-refractivity contribution in [2.75, 3.05) is 0 Å². The normalized spacial score (nSPS) is 10.7. The molecule has 98 valence electrons. The molecule has 0 bridgehead atoms. The number of nitrogens with one attached hydrogen (secondary N) is 1. The number of amides is 1. The van der Waals surface area contributed by atoms with Crippen LogP contribution in [0.3, 0.4) is 0 Å². The number of rotatable bonds is 5. The van der Waals surface area contributed by atoms with Gasteiger partial charge in [-0.25, -0.2) is 5.43 Å². The first-order valence-corrected chi connectivity index (χ1v) is 5.88. The van der Waals surface area contributed by atoms with Crippen LogP contribution in [0.2, 0.25) is 0 Å². The van der Waals surface area contributed by atoms with Gasteiger partial charge in [-0.15, -0.1) is 0 Å². The van der Waals surface area contributed by atoms with Crippen LogP contribution in [0.4, 0.5) is 0 Å². The molecule has 0 radical (unpaired) electrons. The lowest BCUT2D eigenvalue weighted by atomic mass is 10.1. The minimum atomic E-state index is -0.217. The number of phenols is 1. The minimum absolute atomic E-state index is 0.203. The third-order valence-electron chi connectivity index (χ3n) is 2.54. The number of phenolic OH excluding ortho intramolecular Hbond substituents is 1. The number of hydrazone groups is 1. The van der Waals surface area contributed by atoms with Crippen molar-refractivity contribution in [2.24, 2.45) is 5.10 Å². The Labute approximate surface area is 110 Å². The van der Waals surface area contributed by atoms with Crippen molar-refractivity contribution in [1.82, 2.24) is 5.43 Å². The first-order valence-electron chi connectivity index (χ1n) is 5.88. The lowest BCUT2D eigenvalue weighted by Gasteiger charge is -2.03. The summed E-state index contributed by atoms with van der Waals surface area (Å²) in [6.07, 6.45) is 3.68. The van der Waals surface area contributed by atoms with E-state index in [1.807, 2.05) is 6.07 Å². The van der Waals surface area contributed by atoms with Crippen molar-refractivity contribution < 1.29 is 14.3 Å². The maximum absolute atomic E-state index is 11.5. The van der Waals surface area contributed by atoms with Gasteiger partial charge in [0.05, 0.1) is 12.5 Å². The fourth-order valence-corrected chi connectivity index (χ4v) is 1.56. The van der Waals surface area contributed by atoms with Gasteiger partial charge < -0.3 is 9.52 Å². The summed E-state index contributed by atoms with van der Waals surface area (Å²) >= 11 is 0. The smallest absolute Gasteiger partial charge is 0.240 e. The molecule has 2 rings (SSSR count). The molecule has 0 saturated carbocycles. The summed E-state index contributed by atoms with van der Waals surface area (Å²) in [6.45, 7) is 0. The van der Waals surface area contributed by atoms with E-state index in [1.165, 1.54) is 12.5 Å². The van der Waals surface area contributed by atoms with Crippen molar-refractivity contribution in [3.05, 3.63) is 54.0 Å². The Morgan fingerprint density at radius 1 is 1.32 bits per heavy atom. The number of carbonyl (C=O) groups is 1. The van der Waals surface area contributed by atoms with Gasteiger partial charge in [0.25, 0.3) is 0 Å². The third-order valence-corrected chi connectivity index (χ3v) is 2.54. The van der Waals surface area contributed by atoms with E-state index in [9.17, 15) is 9.90 Å². The predicted molar refractivity (Wildman–Crippen MR) is 70.9 cm³/mol. The highest BCUT2D eigenvalue weighted by molar-refractivity contribution is 5.80. The second kappa shape index (κ2) is 6.39.